The highest BCUT2D eigenvalue weighted by Gasteiger charge is 2.13. The second-order valence-corrected chi connectivity index (χ2v) is 8.87. The molecule has 0 N–H and O–H groups in total. The van der Waals surface area contributed by atoms with E-state index in [-0.39, 0.29) is 0 Å². The maximum Gasteiger partial charge on any atom is 0.101 e. The Labute approximate surface area is 134 Å². The Morgan fingerprint density at radius 1 is 0.900 bits per heavy atom. The maximum atomic E-state index is 9.15. The molecule has 102 valence electrons. The Morgan fingerprint density at radius 2 is 1.30 bits per heavy atom. The monoisotopic (exact) mass is 336 g/mol. The van der Waals surface area contributed by atoms with Gasteiger partial charge in [0.05, 0.1) is 19.5 Å². The molecule has 2 heterocycles. The number of nitriles is 2. The third-order valence-electron chi connectivity index (χ3n) is 2.63. The minimum Gasteiger partial charge on any atom is -0.192 e. The highest BCUT2D eigenvalue weighted by atomic mass is 33.1. The van der Waals surface area contributed by atoms with Crippen LogP contribution in [0, 0.1) is 22.7 Å². The molecule has 2 aromatic heterocycles. The number of nitrogens with zero attached hydrogens (tertiary/aromatic N) is 2. The molecular weight excluding hydrogens is 324 g/mol. The lowest BCUT2D eigenvalue weighted by Crippen LogP contribution is -1.70. The van der Waals surface area contributed by atoms with Crippen LogP contribution in [0.3, 0.4) is 0 Å². The van der Waals surface area contributed by atoms with E-state index in [4.69, 9.17) is 10.5 Å². The van der Waals surface area contributed by atoms with E-state index in [0.717, 1.165) is 32.4 Å². The molecular formula is C14H12N2S4. The summed E-state index contributed by atoms with van der Waals surface area (Å²) in [5.74, 6) is 0. The smallest absolute Gasteiger partial charge is 0.101 e. The van der Waals surface area contributed by atoms with Crippen molar-refractivity contribution in [2.24, 2.45) is 0 Å². The Morgan fingerprint density at radius 3 is 1.60 bits per heavy atom. The first-order valence-electron chi connectivity index (χ1n) is 6.11. The predicted molar refractivity (Wildman–Crippen MR) is 88.5 cm³/mol. The summed E-state index contributed by atoms with van der Waals surface area (Å²) in [7, 11) is 3.17. The standard InChI is InChI=1S/C14H12N2S4/c1-3-11-5-9(7-15)13(17-11)19-20-14-10(8-16)6-12(4-2)18-14/h5-6H,3-4H2,1-2H3. The van der Waals surface area contributed by atoms with Gasteiger partial charge in [0.2, 0.25) is 0 Å². The number of rotatable bonds is 5. The molecule has 0 unspecified atom stereocenters. The summed E-state index contributed by atoms with van der Waals surface area (Å²) < 4.78 is 2.06. The van der Waals surface area contributed by atoms with E-state index in [1.165, 1.54) is 9.75 Å². The van der Waals surface area contributed by atoms with E-state index < -0.39 is 0 Å². The molecule has 0 saturated carbocycles. The van der Waals surface area contributed by atoms with Crippen LogP contribution in [-0.4, -0.2) is 0 Å². The molecule has 2 aromatic rings. The van der Waals surface area contributed by atoms with Gasteiger partial charge in [-0.25, -0.2) is 0 Å². The van der Waals surface area contributed by atoms with Gasteiger partial charge in [0.25, 0.3) is 0 Å². The Bertz CT molecular complexity index is 625. The van der Waals surface area contributed by atoms with Gasteiger partial charge >= 0.3 is 0 Å². The van der Waals surface area contributed by atoms with Gasteiger partial charge in [-0.05, 0) is 46.6 Å². The molecule has 0 saturated heterocycles. The second-order valence-electron chi connectivity index (χ2n) is 3.93. The van der Waals surface area contributed by atoms with Crippen molar-refractivity contribution >= 4 is 44.3 Å². The van der Waals surface area contributed by atoms with Crippen molar-refractivity contribution in [3.63, 3.8) is 0 Å². The summed E-state index contributed by atoms with van der Waals surface area (Å²) in [6.45, 7) is 4.18. The highest BCUT2D eigenvalue weighted by Crippen LogP contribution is 2.46. The quantitative estimate of drug-likeness (QED) is 0.679. The van der Waals surface area contributed by atoms with Crippen LogP contribution in [-0.2, 0) is 12.8 Å². The van der Waals surface area contributed by atoms with Gasteiger partial charge < -0.3 is 0 Å². The van der Waals surface area contributed by atoms with E-state index in [9.17, 15) is 0 Å². The fourth-order valence-electron chi connectivity index (χ4n) is 1.55. The molecule has 0 spiro atoms. The molecule has 20 heavy (non-hydrogen) atoms. The molecule has 0 bridgehead atoms. The Hall–Kier alpha value is -0.920. The van der Waals surface area contributed by atoms with Crippen LogP contribution in [0.15, 0.2) is 20.6 Å². The van der Waals surface area contributed by atoms with Gasteiger partial charge in [-0.15, -0.1) is 22.7 Å². The normalized spacial score (nSPS) is 10.2. The van der Waals surface area contributed by atoms with Crippen LogP contribution in [0.5, 0.6) is 0 Å². The highest BCUT2D eigenvalue weighted by molar-refractivity contribution is 8.77. The molecule has 0 radical (unpaired) electrons. The van der Waals surface area contributed by atoms with Crippen molar-refractivity contribution in [1.82, 2.24) is 0 Å². The summed E-state index contributed by atoms with van der Waals surface area (Å²) in [5.41, 5.74) is 1.49. The summed E-state index contributed by atoms with van der Waals surface area (Å²) in [5, 5.41) is 18.3. The third kappa shape index (κ3) is 3.39. The second kappa shape index (κ2) is 7.19. The van der Waals surface area contributed by atoms with Crippen molar-refractivity contribution < 1.29 is 0 Å². The average Bonchev–Trinajstić information content (AvgIpc) is 3.07. The van der Waals surface area contributed by atoms with Gasteiger partial charge in [-0.2, -0.15) is 10.5 Å². The van der Waals surface area contributed by atoms with Gasteiger partial charge in [-0.3, -0.25) is 0 Å². The first-order valence-corrected chi connectivity index (χ1v) is 9.90. The van der Waals surface area contributed by atoms with Crippen molar-refractivity contribution in [3.8, 4) is 12.1 Å². The Balaban J connectivity index is 2.17. The van der Waals surface area contributed by atoms with Crippen LogP contribution in [0.4, 0.5) is 0 Å². The van der Waals surface area contributed by atoms with Crippen LogP contribution in [0.2, 0.25) is 0 Å². The molecule has 0 atom stereocenters. The SMILES string of the molecule is CCc1cc(C#N)c(SSc2sc(CC)cc2C#N)s1. The van der Waals surface area contributed by atoms with Crippen molar-refractivity contribution in [2.45, 2.75) is 35.1 Å². The summed E-state index contributed by atoms with van der Waals surface area (Å²) in [4.78, 5) is 2.45. The first-order chi connectivity index (χ1) is 9.71. The molecule has 0 aliphatic rings. The Kier molecular flexibility index (Phi) is 5.56. The van der Waals surface area contributed by atoms with Crippen molar-refractivity contribution in [1.29, 1.82) is 10.5 Å². The summed E-state index contributed by atoms with van der Waals surface area (Å²) >= 11 is 3.34. The summed E-state index contributed by atoms with van der Waals surface area (Å²) in [6, 6.07) is 8.42. The molecule has 0 aliphatic carbocycles. The largest absolute Gasteiger partial charge is 0.192 e. The van der Waals surface area contributed by atoms with Crippen molar-refractivity contribution in [3.05, 3.63) is 33.0 Å². The van der Waals surface area contributed by atoms with E-state index in [1.54, 1.807) is 44.3 Å². The molecule has 0 aromatic carbocycles. The van der Waals surface area contributed by atoms with E-state index in [0.29, 0.717) is 0 Å². The van der Waals surface area contributed by atoms with Crippen LogP contribution >= 0.6 is 44.3 Å². The van der Waals surface area contributed by atoms with E-state index in [1.807, 2.05) is 12.1 Å². The van der Waals surface area contributed by atoms with Gasteiger partial charge in [0, 0.05) is 9.75 Å². The van der Waals surface area contributed by atoms with E-state index in [2.05, 4.69) is 26.0 Å². The maximum absolute atomic E-state index is 9.15. The first kappa shape index (κ1) is 15.5. The molecule has 6 heteroatoms. The zero-order valence-electron chi connectivity index (χ0n) is 11.1. The average molecular weight is 337 g/mol. The van der Waals surface area contributed by atoms with Gasteiger partial charge in [0.15, 0.2) is 0 Å². The minimum absolute atomic E-state index is 0.745. The zero-order chi connectivity index (χ0) is 14.5. The van der Waals surface area contributed by atoms with Gasteiger partial charge in [-0.1, -0.05) is 13.8 Å². The topological polar surface area (TPSA) is 47.6 Å². The molecule has 2 rings (SSSR count). The summed E-state index contributed by atoms with van der Waals surface area (Å²) in [6.07, 6.45) is 1.90. The number of aryl methyl sites for hydroxylation is 2. The lowest BCUT2D eigenvalue weighted by atomic mass is 10.3. The zero-order valence-corrected chi connectivity index (χ0v) is 14.4. The number of hydrogen-bond acceptors (Lipinski definition) is 6. The third-order valence-corrected chi connectivity index (χ3v) is 8.49. The number of thiophene rings is 2. The lowest BCUT2D eigenvalue weighted by Gasteiger charge is -1.96. The van der Waals surface area contributed by atoms with Gasteiger partial charge in [0.1, 0.15) is 12.1 Å². The number of hydrogen-bond donors (Lipinski definition) is 0. The molecule has 0 aliphatic heterocycles. The van der Waals surface area contributed by atoms with Crippen LogP contribution in [0.1, 0.15) is 34.7 Å². The van der Waals surface area contributed by atoms with Crippen LogP contribution in [0.25, 0.3) is 0 Å². The van der Waals surface area contributed by atoms with E-state index >= 15 is 0 Å². The fraction of sp³-hybridized carbons (Fsp3) is 0.286. The van der Waals surface area contributed by atoms with Crippen molar-refractivity contribution in [2.75, 3.05) is 0 Å². The minimum atomic E-state index is 0.745. The predicted octanol–water partition coefficient (Wildman–Crippen LogP) is 5.48. The lowest BCUT2D eigenvalue weighted by molar-refractivity contribution is 1.18. The molecule has 0 amide bonds. The van der Waals surface area contributed by atoms with Crippen LogP contribution < -0.4 is 0 Å². The fourth-order valence-corrected chi connectivity index (χ4v) is 6.77. The molecule has 0 fully saturated rings. The molecule has 2 nitrogen and oxygen atoms in total.